The van der Waals surface area contributed by atoms with Gasteiger partial charge in [0.05, 0.1) is 12.5 Å². The first-order chi connectivity index (χ1) is 21.3. The molecule has 9 nitrogen and oxygen atoms in total. The molecule has 0 radical (unpaired) electrons. The maximum absolute atomic E-state index is 14.4. The number of halogens is 1. The van der Waals surface area contributed by atoms with Gasteiger partial charge in [0.15, 0.2) is 11.5 Å². The van der Waals surface area contributed by atoms with Crippen LogP contribution in [0.2, 0.25) is 0 Å². The van der Waals surface area contributed by atoms with Gasteiger partial charge in [-0.3, -0.25) is 14.5 Å². The van der Waals surface area contributed by atoms with Gasteiger partial charge in [-0.2, -0.15) is 0 Å². The zero-order valence-electron chi connectivity index (χ0n) is 25.6. The van der Waals surface area contributed by atoms with Crippen LogP contribution in [0, 0.1) is 18.7 Å². The third kappa shape index (κ3) is 6.85. The van der Waals surface area contributed by atoms with Gasteiger partial charge in [-0.25, -0.2) is 14.4 Å². The molecule has 1 aromatic heterocycles. The van der Waals surface area contributed by atoms with E-state index in [0.29, 0.717) is 42.1 Å². The maximum Gasteiger partial charge on any atom is 0.308 e. The number of amides is 1. The number of hydrogen-bond acceptors (Lipinski definition) is 7. The molecule has 0 spiro atoms. The number of carboxylic acids is 1. The van der Waals surface area contributed by atoms with Crippen LogP contribution >= 0.6 is 0 Å². The fraction of sp³-hybridized carbons (Fsp3) is 0.471. The highest BCUT2D eigenvalue weighted by Crippen LogP contribution is 2.43. The molecule has 0 saturated carbocycles. The number of rotatable bonds is 13. The van der Waals surface area contributed by atoms with Crippen LogP contribution in [0.25, 0.3) is 0 Å². The van der Waals surface area contributed by atoms with Crippen molar-refractivity contribution in [2.24, 2.45) is 5.92 Å². The lowest BCUT2D eigenvalue weighted by Crippen LogP contribution is -2.48. The monoisotopic (exact) mass is 604 g/mol. The molecule has 1 saturated heterocycles. The summed E-state index contributed by atoms with van der Waals surface area (Å²) in [5, 5.41) is 10.6. The van der Waals surface area contributed by atoms with Crippen LogP contribution in [0.1, 0.15) is 68.7 Å². The highest BCUT2D eigenvalue weighted by atomic mass is 19.1. The number of anilines is 1. The number of benzene rings is 2. The van der Waals surface area contributed by atoms with Crippen molar-refractivity contribution in [2.75, 3.05) is 24.8 Å². The Labute approximate surface area is 258 Å². The molecule has 1 fully saturated rings. The molecule has 3 aromatic rings. The van der Waals surface area contributed by atoms with Gasteiger partial charge in [-0.15, -0.1) is 0 Å². The SMILES string of the molecule is CCCC(CCC)N(C(=O)CN1C[C@H](c2ccc3c(c2)OCO3)C(C(=O)O)[C@@H]1CCc1ccncn1)c1ccc(F)c(C)c1. The van der Waals surface area contributed by atoms with Crippen molar-refractivity contribution < 1.29 is 28.6 Å². The Kier molecular flexibility index (Phi) is 10.1. The van der Waals surface area contributed by atoms with Crippen molar-refractivity contribution in [1.29, 1.82) is 0 Å². The first kappa shape index (κ1) is 31.4. The van der Waals surface area contributed by atoms with Crippen LogP contribution in [0.15, 0.2) is 55.0 Å². The molecular weight excluding hydrogens is 563 g/mol. The number of carbonyl (C=O) groups excluding carboxylic acids is 1. The van der Waals surface area contributed by atoms with Gasteiger partial charge in [0, 0.05) is 42.1 Å². The van der Waals surface area contributed by atoms with E-state index in [1.54, 1.807) is 25.3 Å². The number of nitrogens with zero attached hydrogens (tertiary/aromatic N) is 4. The summed E-state index contributed by atoms with van der Waals surface area (Å²) >= 11 is 0. The molecule has 3 atom stereocenters. The number of carbonyl (C=O) groups is 2. The number of aryl methyl sites for hydroxylation is 2. The van der Waals surface area contributed by atoms with E-state index in [-0.39, 0.29) is 37.0 Å². The third-order valence-corrected chi connectivity index (χ3v) is 8.83. The minimum atomic E-state index is -0.906. The van der Waals surface area contributed by atoms with E-state index in [9.17, 15) is 19.1 Å². The molecule has 2 aromatic carbocycles. The van der Waals surface area contributed by atoms with Gasteiger partial charge in [0.2, 0.25) is 12.7 Å². The van der Waals surface area contributed by atoms with Crippen molar-refractivity contribution in [3.63, 3.8) is 0 Å². The van der Waals surface area contributed by atoms with Crippen LogP contribution in [0.5, 0.6) is 11.5 Å². The predicted octanol–water partition coefficient (Wildman–Crippen LogP) is 5.76. The van der Waals surface area contributed by atoms with Crippen LogP contribution in [-0.2, 0) is 16.0 Å². The van der Waals surface area contributed by atoms with E-state index < -0.39 is 17.9 Å². The molecule has 10 heteroatoms. The lowest BCUT2D eigenvalue weighted by molar-refractivity contribution is -0.143. The quantitative estimate of drug-likeness (QED) is 0.263. The van der Waals surface area contributed by atoms with Gasteiger partial charge < -0.3 is 19.5 Å². The number of likely N-dealkylation sites (tertiary alicyclic amines) is 1. The van der Waals surface area contributed by atoms with Crippen LogP contribution in [0.3, 0.4) is 0 Å². The third-order valence-electron chi connectivity index (χ3n) is 8.83. The van der Waals surface area contributed by atoms with Crippen LogP contribution in [0.4, 0.5) is 10.1 Å². The Hall–Kier alpha value is -4.05. The summed E-state index contributed by atoms with van der Waals surface area (Å²) in [6.45, 7) is 6.45. The molecule has 0 bridgehead atoms. The normalized spacial score (nSPS) is 19.4. The van der Waals surface area contributed by atoms with Crippen molar-refractivity contribution in [3.05, 3.63) is 77.6 Å². The summed E-state index contributed by atoms with van der Waals surface area (Å²) in [7, 11) is 0. The summed E-state index contributed by atoms with van der Waals surface area (Å²) < 4.78 is 25.4. The van der Waals surface area contributed by atoms with E-state index in [0.717, 1.165) is 36.9 Å². The Morgan fingerprint density at radius 3 is 2.55 bits per heavy atom. The Morgan fingerprint density at radius 2 is 1.86 bits per heavy atom. The number of hydrogen-bond donors (Lipinski definition) is 1. The summed E-state index contributed by atoms with van der Waals surface area (Å²) in [6, 6.07) is 11.7. The van der Waals surface area contributed by atoms with Gasteiger partial charge in [0.25, 0.3) is 0 Å². The van der Waals surface area contributed by atoms with Gasteiger partial charge >= 0.3 is 5.97 Å². The van der Waals surface area contributed by atoms with E-state index in [2.05, 4.69) is 23.8 Å². The van der Waals surface area contributed by atoms with Gasteiger partial charge in [0.1, 0.15) is 12.1 Å². The zero-order valence-corrected chi connectivity index (χ0v) is 25.6. The fourth-order valence-corrected chi connectivity index (χ4v) is 6.75. The second-order valence-electron chi connectivity index (χ2n) is 11.7. The first-order valence-corrected chi connectivity index (χ1v) is 15.5. The molecule has 1 N–H and O–H groups in total. The van der Waals surface area contributed by atoms with Crippen molar-refractivity contribution in [1.82, 2.24) is 14.9 Å². The number of aromatic nitrogens is 2. The second kappa shape index (κ2) is 14.2. The topological polar surface area (TPSA) is 105 Å². The summed E-state index contributed by atoms with van der Waals surface area (Å²) in [4.78, 5) is 39.5. The molecule has 234 valence electrons. The summed E-state index contributed by atoms with van der Waals surface area (Å²) in [5.41, 5.74) is 2.80. The van der Waals surface area contributed by atoms with E-state index in [1.165, 1.54) is 12.4 Å². The Morgan fingerprint density at radius 1 is 1.09 bits per heavy atom. The van der Waals surface area contributed by atoms with Gasteiger partial charge in [-0.05, 0) is 80.1 Å². The highest BCUT2D eigenvalue weighted by molar-refractivity contribution is 5.95. The average Bonchev–Trinajstić information content (AvgIpc) is 3.63. The minimum absolute atomic E-state index is 0.0413. The lowest BCUT2D eigenvalue weighted by atomic mass is 9.83. The summed E-state index contributed by atoms with van der Waals surface area (Å²) in [5.74, 6) is -1.24. The molecule has 0 aliphatic carbocycles. The molecular formula is C34H41FN4O5. The summed E-state index contributed by atoms with van der Waals surface area (Å²) in [6.07, 6.45) is 7.62. The standard InChI is InChI=1S/C34H41FN4O5/c1-4-6-25(7-5-2)39(26-10-11-28(35)22(3)16-26)32(40)19-38-18-27(23-8-13-30-31(17-23)44-21-43-30)33(34(41)42)29(38)12-9-24-14-15-36-20-37-24/h8,10-11,13-17,20,25,27,29,33H,4-7,9,12,18-19,21H2,1-3H3,(H,41,42)/t27-,29+,33?/m1/s1. The maximum atomic E-state index is 14.4. The number of carboxylic acid groups (broad SMARTS) is 1. The van der Waals surface area contributed by atoms with E-state index >= 15 is 0 Å². The minimum Gasteiger partial charge on any atom is -0.481 e. The highest BCUT2D eigenvalue weighted by Gasteiger charge is 2.47. The number of fused-ring (bicyclic) bond motifs is 1. The lowest BCUT2D eigenvalue weighted by Gasteiger charge is -2.35. The van der Waals surface area contributed by atoms with Gasteiger partial charge in [-0.1, -0.05) is 32.8 Å². The predicted molar refractivity (Wildman–Crippen MR) is 164 cm³/mol. The molecule has 3 heterocycles. The zero-order chi connectivity index (χ0) is 31.2. The van der Waals surface area contributed by atoms with Crippen molar-refractivity contribution >= 4 is 17.6 Å². The largest absolute Gasteiger partial charge is 0.481 e. The average molecular weight is 605 g/mol. The van der Waals surface area contributed by atoms with E-state index in [4.69, 9.17) is 9.47 Å². The molecule has 2 aliphatic rings. The second-order valence-corrected chi connectivity index (χ2v) is 11.7. The van der Waals surface area contributed by atoms with Crippen molar-refractivity contribution in [3.8, 4) is 11.5 Å². The molecule has 1 unspecified atom stereocenters. The Balaban J connectivity index is 1.49. The van der Waals surface area contributed by atoms with E-state index in [1.807, 2.05) is 34.1 Å². The fourth-order valence-electron chi connectivity index (χ4n) is 6.75. The van der Waals surface area contributed by atoms with Crippen LogP contribution < -0.4 is 14.4 Å². The van der Waals surface area contributed by atoms with Crippen LogP contribution in [-0.4, -0.2) is 63.8 Å². The first-order valence-electron chi connectivity index (χ1n) is 15.5. The number of aliphatic carboxylic acids is 1. The smallest absolute Gasteiger partial charge is 0.308 e. The molecule has 2 aliphatic heterocycles. The molecule has 5 rings (SSSR count). The molecule has 44 heavy (non-hydrogen) atoms. The molecule has 1 amide bonds. The van der Waals surface area contributed by atoms with Crippen molar-refractivity contribution in [2.45, 2.75) is 77.3 Å². The number of ether oxygens (including phenoxy) is 2. The Bertz CT molecular complexity index is 1450.